The molecular formula is C12H16O4. The van der Waals surface area contributed by atoms with Crippen LogP contribution in [0.4, 0.5) is 0 Å². The monoisotopic (exact) mass is 224 g/mol. The number of ether oxygens (including phenoxy) is 1. The van der Waals surface area contributed by atoms with Gasteiger partial charge in [-0.15, -0.1) is 0 Å². The average Bonchev–Trinajstić information content (AvgIpc) is 2.29. The molecule has 16 heavy (non-hydrogen) atoms. The molecule has 1 atom stereocenters. The minimum Gasteiger partial charge on any atom is -0.362 e. The number of carbonyl (C=O) groups is 1. The summed E-state index contributed by atoms with van der Waals surface area (Å²) in [6, 6.07) is 7.48. The van der Waals surface area contributed by atoms with Crippen molar-refractivity contribution in [3.8, 4) is 0 Å². The largest absolute Gasteiger partial charge is 0.378 e. The fourth-order valence-corrected chi connectivity index (χ4v) is 1.35. The van der Waals surface area contributed by atoms with Crippen molar-refractivity contribution >= 4 is 5.97 Å². The zero-order chi connectivity index (χ0) is 12.2. The van der Waals surface area contributed by atoms with E-state index in [9.17, 15) is 4.79 Å². The molecule has 1 aromatic carbocycles. The van der Waals surface area contributed by atoms with E-state index in [0.29, 0.717) is 0 Å². The summed E-state index contributed by atoms with van der Waals surface area (Å²) in [7, 11) is 2.74. The molecule has 0 spiro atoms. The van der Waals surface area contributed by atoms with Crippen LogP contribution in [0.15, 0.2) is 24.3 Å². The van der Waals surface area contributed by atoms with E-state index in [-0.39, 0.29) is 0 Å². The second-order valence-corrected chi connectivity index (χ2v) is 3.64. The van der Waals surface area contributed by atoms with Crippen LogP contribution >= 0.6 is 0 Å². The molecule has 0 amide bonds. The number of carbonyl (C=O) groups excluding carboxylic acids is 1. The molecule has 4 heteroatoms. The molecule has 0 aliphatic carbocycles. The van der Waals surface area contributed by atoms with Gasteiger partial charge in [0.1, 0.15) is 0 Å². The highest BCUT2D eigenvalue weighted by Gasteiger charge is 2.37. The van der Waals surface area contributed by atoms with E-state index in [1.165, 1.54) is 14.2 Å². The fraction of sp³-hybridized carbons (Fsp3) is 0.417. The summed E-state index contributed by atoms with van der Waals surface area (Å²) in [4.78, 5) is 20.6. The van der Waals surface area contributed by atoms with Crippen LogP contribution in [0.5, 0.6) is 0 Å². The van der Waals surface area contributed by atoms with Gasteiger partial charge in [0.25, 0.3) is 0 Å². The number of benzene rings is 1. The van der Waals surface area contributed by atoms with Crippen LogP contribution in [0.2, 0.25) is 0 Å². The summed E-state index contributed by atoms with van der Waals surface area (Å²) in [5.74, 6) is -0.582. The molecule has 0 radical (unpaired) electrons. The topological polar surface area (TPSA) is 44.8 Å². The molecule has 0 aromatic heterocycles. The van der Waals surface area contributed by atoms with Crippen LogP contribution < -0.4 is 0 Å². The molecule has 0 saturated heterocycles. The highest BCUT2D eigenvalue weighted by Crippen LogP contribution is 2.26. The van der Waals surface area contributed by atoms with E-state index in [4.69, 9.17) is 4.74 Å². The normalized spacial score (nSPS) is 14.2. The van der Waals surface area contributed by atoms with Crippen molar-refractivity contribution in [1.82, 2.24) is 0 Å². The van der Waals surface area contributed by atoms with Crippen LogP contribution in [0.1, 0.15) is 18.1 Å². The van der Waals surface area contributed by atoms with E-state index in [1.54, 1.807) is 6.92 Å². The van der Waals surface area contributed by atoms with Gasteiger partial charge in [0.15, 0.2) is 5.60 Å². The Morgan fingerprint density at radius 2 is 1.75 bits per heavy atom. The quantitative estimate of drug-likeness (QED) is 0.579. The van der Waals surface area contributed by atoms with Gasteiger partial charge in [-0.2, -0.15) is 4.89 Å². The number of hydrogen-bond donors (Lipinski definition) is 0. The van der Waals surface area contributed by atoms with Gasteiger partial charge < -0.3 is 4.74 Å². The lowest BCUT2D eigenvalue weighted by Gasteiger charge is -2.25. The van der Waals surface area contributed by atoms with Crippen molar-refractivity contribution in [2.24, 2.45) is 0 Å². The maximum Gasteiger partial charge on any atom is 0.378 e. The second-order valence-electron chi connectivity index (χ2n) is 3.64. The lowest BCUT2D eigenvalue weighted by Crippen LogP contribution is -2.36. The molecule has 1 aromatic rings. The van der Waals surface area contributed by atoms with Gasteiger partial charge in [-0.05, 0) is 19.4 Å². The molecule has 0 fully saturated rings. The molecular weight excluding hydrogens is 208 g/mol. The molecule has 0 N–H and O–H groups in total. The third kappa shape index (κ3) is 2.40. The fourth-order valence-electron chi connectivity index (χ4n) is 1.35. The first-order valence-electron chi connectivity index (χ1n) is 4.92. The minimum atomic E-state index is -1.15. The zero-order valence-corrected chi connectivity index (χ0v) is 9.94. The van der Waals surface area contributed by atoms with Crippen molar-refractivity contribution in [2.75, 3.05) is 14.2 Å². The molecule has 1 rings (SSSR count). The summed E-state index contributed by atoms with van der Waals surface area (Å²) >= 11 is 0. The highest BCUT2D eigenvalue weighted by molar-refractivity contribution is 5.80. The third-order valence-electron chi connectivity index (χ3n) is 2.56. The lowest BCUT2D eigenvalue weighted by molar-refractivity contribution is -0.271. The van der Waals surface area contributed by atoms with E-state index < -0.39 is 11.6 Å². The number of aryl methyl sites for hydroxylation is 1. The van der Waals surface area contributed by atoms with Gasteiger partial charge in [-0.25, -0.2) is 4.79 Å². The molecule has 88 valence electrons. The average molecular weight is 224 g/mol. The van der Waals surface area contributed by atoms with E-state index in [1.807, 2.05) is 31.2 Å². The molecule has 4 nitrogen and oxygen atoms in total. The Labute approximate surface area is 95.1 Å². The van der Waals surface area contributed by atoms with E-state index in [0.717, 1.165) is 11.1 Å². The van der Waals surface area contributed by atoms with Crippen LogP contribution in [0.25, 0.3) is 0 Å². The van der Waals surface area contributed by atoms with Gasteiger partial charge in [0.2, 0.25) is 0 Å². The van der Waals surface area contributed by atoms with Crippen LogP contribution in [0, 0.1) is 6.92 Å². The summed E-state index contributed by atoms with van der Waals surface area (Å²) in [5, 5.41) is 0. The minimum absolute atomic E-state index is 0.582. The first-order valence-corrected chi connectivity index (χ1v) is 4.92. The van der Waals surface area contributed by atoms with Gasteiger partial charge in [0, 0.05) is 7.11 Å². The van der Waals surface area contributed by atoms with Crippen LogP contribution in [-0.4, -0.2) is 20.2 Å². The Bertz CT molecular complexity index is 358. The SMILES string of the molecule is COOC(=O)C(C)(OC)c1ccc(C)cc1. The van der Waals surface area contributed by atoms with Crippen LogP contribution in [-0.2, 0) is 24.9 Å². The predicted molar refractivity (Wildman–Crippen MR) is 58.6 cm³/mol. The number of hydrogen-bond acceptors (Lipinski definition) is 4. The molecule has 0 bridgehead atoms. The highest BCUT2D eigenvalue weighted by atomic mass is 17.2. The van der Waals surface area contributed by atoms with Gasteiger partial charge >= 0.3 is 5.97 Å². The molecule has 0 aliphatic rings. The smallest absolute Gasteiger partial charge is 0.362 e. The third-order valence-corrected chi connectivity index (χ3v) is 2.56. The summed E-state index contributed by atoms with van der Waals surface area (Å²) in [6.45, 7) is 3.61. The summed E-state index contributed by atoms with van der Waals surface area (Å²) in [5.41, 5.74) is 0.689. The number of methoxy groups -OCH3 is 1. The van der Waals surface area contributed by atoms with Crippen LogP contribution in [0.3, 0.4) is 0 Å². The predicted octanol–water partition coefficient (Wildman–Crippen LogP) is 1.96. The standard InChI is InChI=1S/C12H16O4/c1-9-5-7-10(8-6-9)12(2,14-3)11(13)16-15-4/h5-8H,1-4H3. The molecule has 0 aliphatic heterocycles. The molecule has 0 saturated carbocycles. The van der Waals surface area contributed by atoms with Crippen molar-refractivity contribution in [1.29, 1.82) is 0 Å². The first kappa shape index (κ1) is 12.7. The first-order chi connectivity index (χ1) is 7.54. The van der Waals surface area contributed by atoms with Crippen molar-refractivity contribution < 1.29 is 19.3 Å². The molecule has 1 unspecified atom stereocenters. The van der Waals surface area contributed by atoms with Crippen molar-refractivity contribution in [3.05, 3.63) is 35.4 Å². The zero-order valence-electron chi connectivity index (χ0n) is 9.94. The Morgan fingerprint density at radius 1 is 1.19 bits per heavy atom. The maximum atomic E-state index is 11.7. The van der Waals surface area contributed by atoms with E-state index in [2.05, 4.69) is 9.78 Å². The van der Waals surface area contributed by atoms with Gasteiger partial charge in [-0.3, -0.25) is 4.89 Å². The van der Waals surface area contributed by atoms with E-state index >= 15 is 0 Å². The van der Waals surface area contributed by atoms with Crippen molar-refractivity contribution in [2.45, 2.75) is 19.4 Å². The Kier molecular flexibility index (Phi) is 4.04. The second kappa shape index (κ2) is 5.09. The number of rotatable bonds is 4. The Morgan fingerprint density at radius 3 is 2.19 bits per heavy atom. The summed E-state index contributed by atoms with van der Waals surface area (Å²) in [6.07, 6.45) is 0. The van der Waals surface area contributed by atoms with Gasteiger partial charge in [-0.1, -0.05) is 29.8 Å². The Balaban J connectivity index is 3.04. The summed E-state index contributed by atoms with van der Waals surface area (Å²) < 4.78 is 5.22. The Hall–Kier alpha value is -1.39. The molecule has 0 heterocycles. The van der Waals surface area contributed by atoms with Crippen molar-refractivity contribution in [3.63, 3.8) is 0 Å². The van der Waals surface area contributed by atoms with Gasteiger partial charge in [0.05, 0.1) is 7.11 Å². The lowest BCUT2D eigenvalue weighted by atomic mass is 9.95. The maximum absolute atomic E-state index is 11.7.